The maximum Gasteiger partial charge on any atom is 0.214 e. The average Bonchev–Trinajstić information content (AvgIpc) is 2.66. The first-order valence-electron chi connectivity index (χ1n) is 9.52. The quantitative estimate of drug-likeness (QED) is 0.487. The molecule has 0 radical (unpaired) electrons. The number of piperidine rings is 1. The van der Waals surface area contributed by atoms with Gasteiger partial charge in [0.1, 0.15) is 0 Å². The summed E-state index contributed by atoms with van der Waals surface area (Å²) in [7, 11) is 0.400. The fourth-order valence-electron chi connectivity index (χ4n) is 3.49. The highest BCUT2D eigenvalue weighted by Gasteiger charge is 2.33. The fourth-order valence-corrected chi connectivity index (χ4v) is 5.04. The van der Waals surface area contributed by atoms with Gasteiger partial charge in [0.15, 0.2) is 5.96 Å². The van der Waals surface area contributed by atoms with Gasteiger partial charge in [0.05, 0.1) is 11.4 Å². The Hall–Kier alpha value is -0.900. The van der Waals surface area contributed by atoms with E-state index in [9.17, 15) is 8.42 Å². The summed E-state index contributed by atoms with van der Waals surface area (Å²) < 4.78 is 37.1. The van der Waals surface area contributed by atoms with Crippen LogP contribution in [0.4, 0.5) is 0 Å². The Morgan fingerprint density at radius 3 is 2.50 bits per heavy atom. The van der Waals surface area contributed by atoms with E-state index in [0.717, 1.165) is 31.6 Å². The van der Waals surface area contributed by atoms with Gasteiger partial charge in [0.2, 0.25) is 10.0 Å². The van der Waals surface area contributed by atoms with Crippen LogP contribution in [-0.2, 0) is 19.5 Å². The molecule has 0 aromatic carbocycles. The summed E-state index contributed by atoms with van der Waals surface area (Å²) in [6.45, 7) is 5.13. The molecule has 2 N–H and O–H groups in total. The lowest BCUT2D eigenvalue weighted by molar-refractivity contribution is -0.0855. The van der Waals surface area contributed by atoms with Crippen molar-refractivity contribution < 1.29 is 17.9 Å². The molecule has 8 nitrogen and oxygen atoms in total. The highest BCUT2D eigenvalue weighted by atomic mass is 32.2. The van der Waals surface area contributed by atoms with Crippen molar-refractivity contribution in [3.8, 4) is 0 Å². The Bertz CT molecular complexity index is 553. The van der Waals surface area contributed by atoms with Gasteiger partial charge < -0.3 is 20.1 Å². The zero-order valence-corrected chi connectivity index (χ0v) is 17.1. The highest BCUT2D eigenvalue weighted by molar-refractivity contribution is 7.89. The van der Waals surface area contributed by atoms with Crippen molar-refractivity contribution in [2.75, 3.05) is 52.8 Å². The van der Waals surface area contributed by atoms with E-state index in [-0.39, 0.29) is 17.4 Å². The summed E-state index contributed by atoms with van der Waals surface area (Å²) in [5.74, 6) is 0.972. The van der Waals surface area contributed by atoms with Crippen LogP contribution in [0.1, 0.15) is 39.0 Å². The summed E-state index contributed by atoms with van der Waals surface area (Å²) >= 11 is 0. The van der Waals surface area contributed by atoms with Gasteiger partial charge >= 0.3 is 0 Å². The number of rotatable bonds is 7. The molecule has 2 heterocycles. The van der Waals surface area contributed by atoms with E-state index >= 15 is 0 Å². The molecule has 9 heteroatoms. The number of guanidine groups is 1. The zero-order valence-electron chi connectivity index (χ0n) is 16.3. The molecule has 0 saturated carbocycles. The van der Waals surface area contributed by atoms with E-state index < -0.39 is 10.0 Å². The van der Waals surface area contributed by atoms with Crippen LogP contribution >= 0.6 is 0 Å². The lowest BCUT2D eigenvalue weighted by Gasteiger charge is -2.37. The normalized spacial score (nSPS) is 23.0. The van der Waals surface area contributed by atoms with Gasteiger partial charge in [-0.2, -0.15) is 0 Å². The van der Waals surface area contributed by atoms with Crippen molar-refractivity contribution >= 4 is 16.0 Å². The third-order valence-corrected chi connectivity index (χ3v) is 7.36. The third-order valence-electron chi connectivity index (χ3n) is 5.29. The summed E-state index contributed by atoms with van der Waals surface area (Å²) in [4.78, 5) is 4.30. The van der Waals surface area contributed by atoms with Gasteiger partial charge in [-0.3, -0.25) is 4.99 Å². The maximum absolute atomic E-state index is 12.2. The van der Waals surface area contributed by atoms with Crippen LogP contribution in [0.25, 0.3) is 0 Å². The first-order chi connectivity index (χ1) is 12.4. The third kappa shape index (κ3) is 5.80. The Morgan fingerprint density at radius 2 is 1.96 bits per heavy atom. The van der Waals surface area contributed by atoms with Crippen molar-refractivity contribution in [2.24, 2.45) is 4.99 Å². The summed E-state index contributed by atoms with van der Waals surface area (Å²) in [6.07, 6.45) is 3.95. The van der Waals surface area contributed by atoms with Crippen molar-refractivity contribution in [3.05, 3.63) is 0 Å². The Balaban J connectivity index is 1.80. The number of aliphatic imine (C=N–C) groups is 1. The van der Waals surface area contributed by atoms with E-state index in [1.807, 2.05) is 6.92 Å². The number of hydrogen-bond donors (Lipinski definition) is 2. The molecular formula is C17H34N4O4S. The second-order valence-electron chi connectivity index (χ2n) is 7.06. The molecule has 0 bridgehead atoms. The second kappa shape index (κ2) is 9.87. The van der Waals surface area contributed by atoms with Crippen molar-refractivity contribution in [3.63, 3.8) is 0 Å². The molecule has 0 atom stereocenters. The monoisotopic (exact) mass is 390 g/mol. The van der Waals surface area contributed by atoms with Gasteiger partial charge in [-0.05, 0) is 19.3 Å². The van der Waals surface area contributed by atoms with Crippen LogP contribution in [-0.4, -0.2) is 83.1 Å². The Labute approximate surface area is 157 Å². The van der Waals surface area contributed by atoms with Gasteiger partial charge in [0, 0.05) is 65.9 Å². The molecule has 2 aliphatic heterocycles. The molecule has 0 spiro atoms. The lowest BCUT2D eigenvalue weighted by atomic mass is 9.94. The summed E-state index contributed by atoms with van der Waals surface area (Å²) in [5, 5.41) is 6.79. The van der Waals surface area contributed by atoms with Gasteiger partial charge in [-0.1, -0.05) is 6.92 Å². The number of hydrogen-bond acceptors (Lipinski definition) is 5. The van der Waals surface area contributed by atoms with E-state index in [1.54, 1.807) is 18.5 Å². The van der Waals surface area contributed by atoms with Crippen LogP contribution in [0.2, 0.25) is 0 Å². The molecule has 0 unspecified atom stereocenters. The molecule has 0 aromatic rings. The fraction of sp³-hybridized carbons (Fsp3) is 0.941. The minimum Gasteiger partial charge on any atom is -0.381 e. The minimum absolute atomic E-state index is 0.215. The summed E-state index contributed by atoms with van der Waals surface area (Å²) in [6, 6.07) is 0.225. The van der Waals surface area contributed by atoms with Gasteiger partial charge in [0.25, 0.3) is 0 Å². The van der Waals surface area contributed by atoms with Crippen LogP contribution < -0.4 is 10.6 Å². The number of nitrogens with one attached hydrogen (secondary N) is 2. The largest absolute Gasteiger partial charge is 0.381 e. The van der Waals surface area contributed by atoms with E-state index in [1.165, 1.54) is 0 Å². The average molecular weight is 391 g/mol. The van der Waals surface area contributed by atoms with Crippen LogP contribution in [0, 0.1) is 0 Å². The predicted molar refractivity (Wildman–Crippen MR) is 103 cm³/mol. The molecule has 2 fully saturated rings. The molecule has 2 saturated heterocycles. The highest BCUT2D eigenvalue weighted by Crippen LogP contribution is 2.23. The predicted octanol–water partition coefficient (Wildman–Crippen LogP) is 0.551. The number of ether oxygens (including phenoxy) is 2. The molecule has 2 aliphatic rings. The first kappa shape index (κ1) is 21.4. The summed E-state index contributed by atoms with van der Waals surface area (Å²) in [5.41, 5.74) is -0.215. The smallest absolute Gasteiger partial charge is 0.214 e. The molecule has 0 amide bonds. The molecule has 0 aromatic heterocycles. The zero-order chi connectivity index (χ0) is 19.0. The van der Waals surface area contributed by atoms with Crippen LogP contribution in [0.15, 0.2) is 4.99 Å². The molecular weight excluding hydrogens is 356 g/mol. The number of nitrogens with zero attached hydrogens (tertiary/aromatic N) is 2. The lowest BCUT2D eigenvalue weighted by Crippen LogP contribution is -2.54. The standard InChI is InChI=1S/C17H34N4O4S/c1-4-13-26(22,23)21-9-5-15(6-10-21)20-16(18-2)19-14-17(24-3)7-11-25-12-8-17/h15H,4-14H2,1-3H3,(H2,18,19,20). The Morgan fingerprint density at radius 1 is 1.31 bits per heavy atom. The molecule has 152 valence electrons. The number of methoxy groups -OCH3 is 1. The first-order valence-corrected chi connectivity index (χ1v) is 11.1. The van der Waals surface area contributed by atoms with E-state index in [0.29, 0.717) is 39.3 Å². The molecule has 0 aliphatic carbocycles. The second-order valence-corrected chi connectivity index (χ2v) is 9.15. The van der Waals surface area contributed by atoms with Gasteiger partial charge in [-0.25, -0.2) is 12.7 Å². The van der Waals surface area contributed by atoms with Crippen molar-refractivity contribution in [1.82, 2.24) is 14.9 Å². The molecule has 2 rings (SSSR count). The Kier molecular flexibility index (Phi) is 8.12. The number of sulfonamides is 1. The topological polar surface area (TPSA) is 92.3 Å². The SMILES string of the molecule is CCCS(=O)(=O)N1CCC(NC(=NC)NCC2(OC)CCOCC2)CC1. The maximum atomic E-state index is 12.2. The van der Waals surface area contributed by atoms with Crippen molar-refractivity contribution in [1.29, 1.82) is 0 Å². The van der Waals surface area contributed by atoms with E-state index in [2.05, 4.69) is 15.6 Å². The van der Waals surface area contributed by atoms with Crippen molar-refractivity contribution in [2.45, 2.75) is 50.7 Å². The molecule has 26 heavy (non-hydrogen) atoms. The minimum atomic E-state index is -3.10. The van der Waals surface area contributed by atoms with Crippen LogP contribution in [0.5, 0.6) is 0 Å². The van der Waals surface area contributed by atoms with Gasteiger partial charge in [-0.15, -0.1) is 0 Å². The van der Waals surface area contributed by atoms with Crippen LogP contribution in [0.3, 0.4) is 0 Å². The van der Waals surface area contributed by atoms with E-state index in [4.69, 9.17) is 9.47 Å².